The fourth-order valence-electron chi connectivity index (χ4n) is 1.58. The smallest absolute Gasteiger partial charge is 0.134 e. The van der Waals surface area contributed by atoms with Gasteiger partial charge in [-0.05, 0) is 36.4 Å². The zero-order valence-electron chi connectivity index (χ0n) is 9.67. The topological polar surface area (TPSA) is 59.4 Å². The van der Waals surface area contributed by atoms with E-state index >= 15 is 0 Å². The number of furan rings is 1. The van der Waals surface area contributed by atoms with Gasteiger partial charge < -0.3 is 15.3 Å². The van der Waals surface area contributed by atoms with Crippen molar-refractivity contribution in [3.8, 4) is 11.3 Å². The maximum atomic E-state index is 8.87. The van der Waals surface area contributed by atoms with Crippen LogP contribution in [-0.2, 0) is 6.42 Å². The highest BCUT2D eigenvalue weighted by Gasteiger charge is 2.08. The summed E-state index contributed by atoms with van der Waals surface area (Å²) in [5.41, 5.74) is 6.62. The summed E-state index contributed by atoms with van der Waals surface area (Å²) in [6.45, 7) is -0.0447. The van der Waals surface area contributed by atoms with Gasteiger partial charge >= 0.3 is 0 Å². The fourth-order valence-corrected chi connectivity index (χ4v) is 1.71. The minimum Gasteiger partial charge on any atom is -0.461 e. The molecule has 0 aliphatic carbocycles. The number of aliphatic hydroxyl groups excluding tert-OH is 1. The first-order valence-corrected chi connectivity index (χ1v) is 5.78. The van der Waals surface area contributed by atoms with Crippen LogP contribution in [0.3, 0.4) is 0 Å². The van der Waals surface area contributed by atoms with E-state index in [0.717, 1.165) is 17.1 Å². The first kappa shape index (κ1) is 15.1. The number of halogens is 2. The number of benzene rings is 1. The van der Waals surface area contributed by atoms with E-state index in [1.165, 1.54) is 0 Å². The van der Waals surface area contributed by atoms with Crippen LogP contribution in [0.2, 0.25) is 5.02 Å². The van der Waals surface area contributed by atoms with Crippen molar-refractivity contribution in [2.75, 3.05) is 6.61 Å². The largest absolute Gasteiger partial charge is 0.461 e. The monoisotopic (exact) mass is 287 g/mol. The second-order valence-electron chi connectivity index (χ2n) is 3.92. The third-order valence-corrected chi connectivity index (χ3v) is 2.74. The first-order chi connectivity index (χ1) is 8.19. The fraction of sp³-hybridized carbons (Fsp3) is 0.231. The number of rotatable bonds is 4. The minimum atomic E-state index is -0.279. The molecule has 2 aromatic rings. The van der Waals surface area contributed by atoms with Gasteiger partial charge in [0.2, 0.25) is 0 Å². The normalized spacial score (nSPS) is 11.9. The summed E-state index contributed by atoms with van der Waals surface area (Å²) in [4.78, 5) is 0. The molecule has 1 atom stereocenters. The lowest BCUT2D eigenvalue weighted by molar-refractivity contribution is 0.260. The Bertz CT molecular complexity index is 482. The van der Waals surface area contributed by atoms with Crippen LogP contribution in [0.15, 0.2) is 40.8 Å². The van der Waals surface area contributed by atoms with Gasteiger partial charge in [0.05, 0.1) is 6.61 Å². The quantitative estimate of drug-likeness (QED) is 0.909. The Labute approximate surface area is 117 Å². The molecule has 1 unspecified atom stereocenters. The van der Waals surface area contributed by atoms with Gasteiger partial charge in [-0.3, -0.25) is 0 Å². The van der Waals surface area contributed by atoms with Crippen LogP contribution in [0.25, 0.3) is 11.3 Å². The van der Waals surface area contributed by atoms with Crippen molar-refractivity contribution < 1.29 is 9.52 Å². The molecule has 0 fully saturated rings. The molecule has 0 saturated heterocycles. The molecule has 0 bridgehead atoms. The molecular formula is C13H15Cl2NO2. The average molecular weight is 288 g/mol. The van der Waals surface area contributed by atoms with Crippen LogP contribution in [0, 0.1) is 0 Å². The van der Waals surface area contributed by atoms with E-state index in [2.05, 4.69) is 0 Å². The Kier molecular flexibility index (Phi) is 5.69. The summed E-state index contributed by atoms with van der Waals surface area (Å²) in [5, 5.41) is 9.57. The van der Waals surface area contributed by atoms with Crippen LogP contribution in [-0.4, -0.2) is 17.8 Å². The second kappa shape index (κ2) is 6.81. The van der Waals surface area contributed by atoms with E-state index in [-0.39, 0.29) is 25.1 Å². The molecule has 3 nitrogen and oxygen atoms in total. The second-order valence-corrected chi connectivity index (χ2v) is 4.36. The highest BCUT2D eigenvalue weighted by Crippen LogP contribution is 2.24. The molecule has 0 aliphatic rings. The van der Waals surface area contributed by atoms with Crippen molar-refractivity contribution in [3.05, 3.63) is 47.2 Å². The molecule has 5 heteroatoms. The Morgan fingerprint density at radius 2 is 1.83 bits per heavy atom. The maximum absolute atomic E-state index is 8.87. The molecule has 0 amide bonds. The van der Waals surface area contributed by atoms with Gasteiger partial charge in [0.25, 0.3) is 0 Å². The van der Waals surface area contributed by atoms with E-state index in [4.69, 9.17) is 26.9 Å². The number of hydrogen-bond acceptors (Lipinski definition) is 3. The number of aliphatic hydroxyl groups is 1. The minimum absolute atomic E-state index is 0. The maximum Gasteiger partial charge on any atom is 0.134 e. The van der Waals surface area contributed by atoms with Gasteiger partial charge in [0, 0.05) is 23.0 Å². The van der Waals surface area contributed by atoms with Crippen LogP contribution in [0.1, 0.15) is 5.76 Å². The molecule has 1 aromatic carbocycles. The zero-order chi connectivity index (χ0) is 12.3. The van der Waals surface area contributed by atoms with Crippen molar-refractivity contribution >= 4 is 24.0 Å². The summed E-state index contributed by atoms with van der Waals surface area (Å²) in [6, 6.07) is 10.9. The highest BCUT2D eigenvalue weighted by atomic mass is 35.5. The predicted octanol–water partition coefficient (Wildman–Crippen LogP) is 2.88. The van der Waals surface area contributed by atoms with Gasteiger partial charge in [-0.1, -0.05) is 11.6 Å². The predicted molar refractivity (Wildman–Crippen MR) is 75.2 cm³/mol. The van der Waals surface area contributed by atoms with Crippen LogP contribution >= 0.6 is 24.0 Å². The van der Waals surface area contributed by atoms with E-state index in [1.54, 1.807) is 0 Å². The van der Waals surface area contributed by atoms with Gasteiger partial charge in [0.15, 0.2) is 0 Å². The lowest BCUT2D eigenvalue weighted by Gasteiger charge is -2.04. The summed E-state index contributed by atoms with van der Waals surface area (Å²) < 4.78 is 5.65. The highest BCUT2D eigenvalue weighted by molar-refractivity contribution is 6.30. The van der Waals surface area contributed by atoms with Gasteiger partial charge in [-0.25, -0.2) is 0 Å². The molecule has 1 heterocycles. The Balaban J connectivity index is 0.00000162. The van der Waals surface area contributed by atoms with Crippen LogP contribution < -0.4 is 5.73 Å². The molecule has 3 N–H and O–H groups in total. The molecule has 1 aromatic heterocycles. The Morgan fingerprint density at radius 1 is 1.17 bits per heavy atom. The lowest BCUT2D eigenvalue weighted by atomic mass is 10.2. The Hall–Kier alpha value is -1.00. The van der Waals surface area contributed by atoms with Crippen molar-refractivity contribution in [1.29, 1.82) is 0 Å². The SMILES string of the molecule is Cl.NC(CO)Cc1ccc(-c2ccc(Cl)cc2)o1. The molecule has 0 aliphatic heterocycles. The third kappa shape index (κ3) is 3.75. The Morgan fingerprint density at radius 3 is 2.44 bits per heavy atom. The molecule has 2 rings (SSSR count). The summed E-state index contributed by atoms with van der Waals surface area (Å²) in [6.07, 6.45) is 0.532. The standard InChI is InChI=1S/C13H14ClNO2.ClH/c14-10-3-1-9(2-4-10)13-6-5-12(17-13)7-11(15)8-16;/h1-6,11,16H,7-8,15H2;1H. The number of hydrogen-bond donors (Lipinski definition) is 2. The van der Waals surface area contributed by atoms with Gasteiger partial charge in [-0.2, -0.15) is 0 Å². The molecule has 98 valence electrons. The average Bonchev–Trinajstić information content (AvgIpc) is 2.78. The van der Waals surface area contributed by atoms with Crippen molar-refractivity contribution in [3.63, 3.8) is 0 Å². The van der Waals surface area contributed by atoms with Crippen LogP contribution in [0.4, 0.5) is 0 Å². The van der Waals surface area contributed by atoms with E-state index in [9.17, 15) is 0 Å². The molecule has 18 heavy (non-hydrogen) atoms. The van der Waals surface area contributed by atoms with E-state index in [0.29, 0.717) is 11.4 Å². The first-order valence-electron chi connectivity index (χ1n) is 5.40. The summed E-state index contributed by atoms with van der Waals surface area (Å²) in [5.74, 6) is 1.55. The number of nitrogens with two attached hydrogens (primary N) is 1. The summed E-state index contributed by atoms with van der Waals surface area (Å²) in [7, 11) is 0. The van der Waals surface area contributed by atoms with Crippen molar-refractivity contribution in [2.45, 2.75) is 12.5 Å². The van der Waals surface area contributed by atoms with Crippen molar-refractivity contribution in [2.24, 2.45) is 5.73 Å². The van der Waals surface area contributed by atoms with E-state index in [1.807, 2.05) is 36.4 Å². The zero-order valence-corrected chi connectivity index (χ0v) is 11.2. The lowest BCUT2D eigenvalue weighted by Crippen LogP contribution is -2.26. The third-order valence-electron chi connectivity index (χ3n) is 2.49. The van der Waals surface area contributed by atoms with Gasteiger partial charge in [0.1, 0.15) is 11.5 Å². The van der Waals surface area contributed by atoms with Gasteiger partial charge in [-0.15, -0.1) is 12.4 Å². The molecule has 0 spiro atoms. The van der Waals surface area contributed by atoms with Crippen molar-refractivity contribution in [1.82, 2.24) is 0 Å². The van der Waals surface area contributed by atoms with E-state index < -0.39 is 0 Å². The molecule has 0 saturated carbocycles. The summed E-state index contributed by atoms with van der Waals surface area (Å²) >= 11 is 5.82. The molecular weight excluding hydrogens is 273 g/mol. The van der Waals surface area contributed by atoms with Crippen LogP contribution in [0.5, 0.6) is 0 Å². The molecule has 0 radical (unpaired) electrons.